The molecule has 0 aliphatic carbocycles. The Labute approximate surface area is 126 Å². The number of rotatable bonds is 6. The Morgan fingerprint density at radius 2 is 1.68 bits per heavy atom. The van der Waals surface area contributed by atoms with Crippen LogP contribution in [0, 0.1) is 0 Å². The largest absolute Gasteiger partial charge is 0.466 e. The standard InChI is InChI=1S/C13H13Cl3O3/c1-2-19-12(18)5-3-4-11(17)8-6-9(14)13(16)10(15)7-8/h6-7H,2-5H2,1H3. The number of carbonyl (C=O) groups is 2. The van der Waals surface area contributed by atoms with E-state index < -0.39 is 0 Å². The number of carbonyl (C=O) groups excluding carboxylic acids is 2. The maximum atomic E-state index is 11.9. The van der Waals surface area contributed by atoms with Crippen molar-refractivity contribution in [2.45, 2.75) is 26.2 Å². The number of benzene rings is 1. The third-order valence-electron chi connectivity index (χ3n) is 2.40. The van der Waals surface area contributed by atoms with Crippen molar-refractivity contribution in [3.05, 3.63) is 32.8 Å². The van der Waals surface area contributed by atoms with E-state index in [2.05, 4.69) is 0 Å². The van der Waals surface area contributed by atoms with Gasteiger partial charge in [-0.25, -0.2) is 0 Å². The maximum absolute atomic E-state index is 11.9. The molecule has 0 unspecified atom stereocenters. The van der Waals surface area contributed by atoms with Crippen LogP contribution in [-0.2, 0) is 9.53 Å². The van der Waals surface area contributed by atoms with E-state index in [9.17, 15) is 9.59 Å². The van der Waals surface area contributed by atoms with Gasteiger partial charge in [0.2, 0.25) is 0 Å². The van der Waals surface area contributed by atoms with Crippen LogP contribution < -0.4 is 0 Å². The molecule has 0 saturated heterocycles. The lowest BCUT2D eigenvalue weighted by Gasteiger charge is -2.05. The Bertz CT molecular complexity index is 463. The van der Waals surface area contributed by atoms with Gasteiger partial charge in [-0.15, -0.1) is 0 Å². The fourth-order valence-corrected chi connectivity index (χ4v) is 2.08. The van der Waals surface area contributed by atoms with Crippen LogP contribution in [0.1, 0.15) is 36.5 Å². The van der Waals surface area contributed by atoms with E-state index >= 15 is 0 Å². The SMILES string of the molecule is CCOC(=O)CCCC(=O)c1cc(Cl)c(Cl)c(Cl)c1. The van der Waals surface area contributed by atoms with Gasteiger partial charge < -0.3 is 4.74 Å². The first-order valence-corrected chi connectivity index (χ1v) is 6.92. The molecule has 0 N–H and O–H groups in total. The van der Waals surface area contributed by atoms with Crippen LogP contribution in [0.15, 0.2) is 12.1 Å². The lowest BCUT2D eigenvalue weighted by atomic mass is 10.1. The summed E-state index contributed by atoms with van der Waals surface area (Å²) in [7, 11) is 0. The van der Waals surface area contributed by atoms with Gasteiger partial charge in [-0.3, -0.25) is 9.59 Å². The van der Waals surface area contributed by atoms with E-state index in [0.717, 1.165) is 0 Å². The minimum Gasteiger partial charge on any atom is -0.466 e. The minimum atomic E-state index is -0.303. The Kier molecular flexibility index (Phi) is 6.63. The average Bonchev–Trinajstić information content (AvgIpc) is 2.35. The number of esters is 1. The molecule has 6 heteroatoms. The quantitative estimate of drug-likeness (QED) is 0.438. The van der Waals surface area contributed by atoms with Crippen molar-refractivity contribution in [1.82, 2.24) is 0 Å². The molecular weight excluding hydrogens is 310 g/mol. The second kappa shape index (κ2) is 7.73. The fourth-order valence-electron chi connectivity index (χ4n) is 1.49. The van der Waals surface area contributed by atoms with Gasteiger partial charge in [0.25, 0.3) is 0 Å². The van der Waals surface area contributed by atoms with Gasteiger partial charge in [-0.2, -0.15) is 0 Å². The first-order valence-electron chi connectivity index (χ1n) is 5.79. The molecule has 19 heavy (non-hydrogen) atoms. The Morgan fingerprint density at radius 3 is 2.21 bits per heavy atom. The summed E-state index contributed by atoms with van der Waals surface area (Å²) in [5.41, 5.74) is 0.392. The molecule has 0 aliphatic heterocycles. The monoisotopic (exact) mass is 322 g/mol. The number of Topliss-reactive ketones (excluding diaryl/α,β-unsaturated/α-hetero) is 1. The van der Waals surface area contributed by atoms with Crippen molar-refractivity contribution in [1.29, 1.82) is 0 Å². The number of halogens is 3. The van der Waals surface area contributed by atoms with Gasteiger partial charge in [0.1, 0.15) is 0 Å². The van der Waals surface area contributed by atoms with E-state index in [1.807, 2.05) is 0 Å². The zero-order valence-corrected chi connectivity index (χ0v) is 12.6. The van der Waals surface area contributed by atoms with Crippen molar-refractivity contribution in [2.24, 2.45) is 0 Å². The second-order valence-corrected chi connectivity index (χ2v) is 5.03. The van der Waals surface area contributed by atoms with Gasteiger partial charge in [0.15, 0.2) is 5.78 Å². The first kappa shape index (κ1) is 16.3. The summed E-state index contributed by atoms with van der Waals surface area (Å²) in [5, 5.41) is 0.706. The van der Waals surface area contributed by atoms with Crippen LogP contribution in [0.4, 0.5) is 0 Å². The molecule has 0 radical (unpaired) electrons. The summed E-state index contributed by atoms with van der Waals surface area (Å²) in [4.78, 5) is 23.0. The van der Waals surface area contributed by atoms with E-state index in [1.54, 1.807) is 6.92 Å². The zero-order valence-electron chi connectivity index (χ0n) is 10.3. The number of hydrogen-bond acceptors (Lipinski definition) is 3. The van der Waals surface area contributed by atoms with Gasteiger partial charge >= 0.3 is 5.97 Å². The lowest BCUT2D eigenvalue weighted by molar-refractivity contribution is -0.143. The molecule has 0 saturated carbocycles. The van der Waals surface area contributed by atoms with Crippen molar-refractivity contribution >= 4 is 46.6 Å². The summed E-state index contributed by atoms with van der Waals surface area (Å²) in [6.07, 6.45) is 0.872. The van der Waals surface area contributed by atoms with E-state index in [-0.39, 0.29) is 39.7 Å². The predicted octanol–water partition coefficient (Wildman–Crippen LogP) is 4.56. The Morgan fingerprint density at radius 1 is 1.11 bits per heavy atom. The van der Waals surface area contributed by atoms with Gasteiger partial charge in [0.05, 0.1) is 21.7 Å². The fraction of sp³-hybridized carbons (Fsp3) is 0.385. The molecule has 0 atom stereocenters. The van der Waals surface area contributed by atoms with Crippen molar-refractivity contribution < 1.29 is 14.3 Å². The summed E-state index contributed by atoms with van der Waals surface area (Å²) >= 11 is 17.5. The molecule has 3 nitrogen and oxygen atoms in total. The van der Waals surface area contributed by atoms with E-state index in [1.165, 1.54) is 12.1 Å². The van der Waals surface area contributed by atoms with Crippen molar-refractivity contribution in [3.8, 4) is 0 Å². The molecule has 1 aromatic carbocycles. The summed E-state index contributed by atoms with van der Waals surface area (Å²) in [6.45, 7) is 2.08. The molecule has 0 aromatic heterocycles. The zero-order chi connectivity index (χ0) is 14.4. The third kappa shape index (κ3) is 5.01. The molecule has 104 valence electrons. The van der Waals surface area contributed by atoms with Crippen LogP contribution >= 0.6 is 34.8 Å². The highest BCUT2D eigenvalue weighted by atomic mass is 35.5. The normalized spacial score (nSPS) is 10.3. The Balaban J connectivity index is 2.57. The molecular formula is C13H13Cl3O3. The summed E-state index contributed by atoms with van der Waals surface area (Å²) in [5.74, 6) is -0.438. The van der Waals surface area contributed by atoms with Crippen LogP contribution in [-0.4, -0.2) is 18.4 Å². The van der Waals surface area contributed by atoms with Gasteiger partial charge in [-0.05, 0) is 25.5 Å². The number of hydrogen-bond donors (Lipinski definition) is 0. The smallest absolute Gasteiger partial charge is 0.305 e. The molecule has 0 amide bonds. The Hall–Kier alpha value is -0.770. The van der Waals surface area contributed by atoms with Crippen LogP contribution in [0.25, 0.3) is 0 Å². The average molecular weight is 324 g/mol. The van der Waals surface area contributed by atoms with Crippen molar-refractivity contribution in [2.75, 3.05) is 6.61 Å². The first-order chi connectivity index (χ1) is 8.95. The van der Waals surface area contributed by atoms with Crippen molar-refractivity contribution in [3.63, 3.8) is 0 Å². The number of ether oxygens (including phenoxy) is 1. The molecule has 0 bridgehead atoms. The highest BCUT2D eigenvalue weighted by Gasteiger charge is 2.12. The third-order valence-corrected chi connectivity index (χ3v) is 3.59. The second-order valence-electron chi connectivity index (χ2n) is 3.84. The molecule has 0 spiro atoms. The minimum absolute atomic E-state index is 0.134. The lowest BCUT2D eigenvalue weighted by Crippen LogP contribution is -2.06. The molecule has 1 rings (SSSR count). The van der Waals surface area contributed by atoms with Gasteiger partial charge in [-0.1, -0.05) is 34.8 Å². The highest BCUT2D eigenvalue weighted by molar-refractivity contribution is 6.48. The van der Waals surface area contributed by atoms with Crippen LogP contribution in [0.5, 0.6) is 0 Å². The molecule has 0 aliphatic rings. The molecule has 1 aromatic rings. The topological polar surface area (TPSA) is 43.4 Å². The molecule has 0 heterocycles. The van der Waals surface area contributed by atoms with E-state index in [0.29, 0.717) is 18.6 Å². The number of ketones is 1. The highest BCUT2D eigenvalue weighted by Crippen LogP contribution is 2.31. The van der Waals surface area contributed by atoms with Crippen LogP contribution in [0.2, 0.25) is 15.1 Å². The summed E-state index contributed by atoms with van der Waals surface area (Å²) in [6, 6.07) is 2.95. The molecule has 0 fully saturated rings. The van der Waals surface area contributed by atoms with Crippen LogP contribution in [0.3, 0.4) is 0 Å². The maximum Gasteiger partial charge on any atom is 0.305 e. The predicted molar refractivity (Wildman–Crippen MR) is 76.3 cm³/mol. The van der Waals surface area contributed by atoms with E-state index in [4.69, 9.17) is 39.5 Å². The van der Waals surface area contributed by atoms with Gasteiger partial charge in [0, 0.05) is 18.4 Å². The summed E-state index contributed by atoms with van der Waals surface area (Å²) < 4.78 is 4.77.